The first-order valence-corrected chi connectivity index (χ1v) is 12.7. The molecule has 9 nitrogen and oxygen atoms in total. The first-order valence-electron chi connectivity index (χ1n) is 11.5. The van der Waals surface area contributed by atoms with Crippen LogP contribution in [0.1, 0.15) is 24.5 Å². The van der Waals surface area contributed by atoms with E-state index in [0.717, 1.165) is 12.0 Å². The van der Waals surface area contributed by atoms with Crippen molar-refractivity contribution < 1.29 is 19.0 Å². The molecule has 3 aromatic rings. The molecule has 5 rings (SSSR count). The van der Waals surface area contributed by atoms with Gasteiger partial charge in [-0.1, -0.05) is 36.1 Å². The number of anilines is 1. The lowest BCUT2D eigenvalue weighted by molar-refractivity contribution is -0.122. The number of amides is 1. The van der Waals surface area contributed by atoms with Crippen molar-refractivity contribution in [2.45, 2.75) is 19.9 Å². The third-order valence-corrected chi connectivity index (χ3v) is 7.04. The highest BCUT2D eigenvalue weighted by atomic mass is 32.2. The van der Waals surface area contributed by atoms with Crippen molar-refractivity contribution in [1.29, 1.82) is 0 Å². The summed E-state index contributed by atoms with van der Waals surface area (Å²) in [5.41, 5.74) is 1.41. The molecule has 1 N–H and O–H groups in total. The van der Waals surface area contributed by atoms with E-state index in [-0.39, 0.29) is 24.8 Å². The topological polar surface area (TPSA) is 94.4 Å². The number of aromatic nitrogens is 2. The zero-order chi connectivity index (χ0) is 25.1. The molecule has 1 saturated heterocycles. The van der Waals surface area contributed by atoms with Crippen LogP contribution in [-0.4, -0.2) is 51.1 Å². The molecule has 0 bridgehead atoms. The van der Waals surface area contributed by atoms with Gasteiger partial charge in [-0.05, 0) is 49.2 Å². The van der Waals surface area contributed by atoms with E-state index in [4.69, 9.17) is 26.4 Å². The fraction of sp³-hybridized carbons (Fsp3) is 0.280. The second kappa shape index (κ2) is 10.7. The van der Waals surface area contributed by atoms with Gasteiger partial charge >= 0.3 is 0 Å². The number of pyridine rings is 1. The Morgan fingerprint density at radius 3 is 2.94 bits per heavy atom. The fourth-order valence-corrected chi connectivity index (χ4v) is 5.12. The number of benzene rings is 1. The second-order valence-corrected chi connectivity index (χ2v) is 9.72. The molecular formula is C25H24N4O5S2. The highest BCUT2D eigenvalue weighted by Gasteiger charge is 2.33. The molecule has 0 atom stereocenters. The maximum absolute atomic E-state index is 13.4. The van der Waals surface area contributed by atoms with Gasteiger partial charge in [-0.15, -0.1) is 0 Å². The van der Waals surface area contributed by atoms with Gasteiger partial charge in [0.2, 0.25) is 6.79 Å². The summed E-state index contributed by atoms with van der Waals surface area (Å²) >= 11 is 6.67. The van der Waals surface area contributed by atoms with Crippen molar-refractivity contribution in [3.8, 4) is 11.5 Å². The molecule has 1 aromatic carbocycles. The van der Waals surface area contributed by atoms with Gasteiger partial charge in [0.05, 0.1) is 17.0 Å². The minimum Gasteiger partial charge on any atom is -0.454 e. The summed E-state index contributed by atoms with van der Waals surface area (Å²) in [6, 6.07) is 10.9. The van der Waals surface area contributed by atoms with Crippen molar-refractivity contribution in [1.82, 2.24) is 14.3 Å². The van der Waals surface area contributed by atoms with Gasteiger partial charge in [-0.3, -0.25) is 18.9 Å². The third kappa shape index (κ3) is 4.95. The van der Waals surface area contributed by atoms with E-state index in [9.17, 15) is 9.59 Å². The van der Waals surface area contributed by atoms with Gasteiger partial charge in [0.1, 0.15) is 15.8 Å². The van der Waals surface area contributed by atoms with Gasteiger partial charge in [0.15, 0.2) is 11.5 Å². The zero-order valence-corrected chi connectivity index (χ0v) is 21.2. The second-order valence-electron chi connectivity index (χ2n) is 8.04. The molecule has 1 fully saturated rings. The van der Waals surface area contributed by atoms with E-state index in [1.807, 2.05) is 31.2 Å². The number of rotatable bonds is 9. The summed E-state index contributed by atoms with van der Waals surface area (Å²) in [7, 11) is 0. The average molecular weight is 525 g/mol. The molecule has 1 amide bonds. The number of fused-ring (bicyclic) bond motifs is 2. The van der Waals surface area contributed by atoms with Crippen LogP contribution in [0.15, 0.2) is 52.3 Å². The Morgan fingerprint density at radius 2 is 2.08 bits per heavy atom. The predicted octanol–water partition coefficient (Wildman–Crippen LogP) is 3.66. The highest BCUT2D eigenvalue weighted by molar-refractivity contribution is 8.26. The van der Waals surface area contributed by atoms with Crippen LogP contribution in [0.3, 0.4) is 0 Å². The molecule has 36 heavy (non-hydrogen) atoms. The summed E-state index contributed by atoms with van der Waals surface area (Å²) in [6.45, 7) is 4.23. The Balaban J connectivity index is 1.42. The van der Waals surface area contributed by atoms with Crippen LogP contribution in [0.25, 0.3) is 11.7 Å². The van der Waals surface area contributed by atoms with E-state index < -0.39 is 0 Å². The Bertz CT molecular complexity index is 1420. The first kappa shape index (κ1) is 24.3. The quantitative estimate of drug-likeness (QED) is 0.256. The number of ether oxygens (including phenoxy) is 3. The van der Waals surface area contributed by atoms with E-state index in [0.29, 0.717) is 57.5 Å². The lowest BCUT2D eigenvalue weighted by atomic mass is 10.2. The van der Waals surface area contributed by atoms with Gasteiger partial charge < -0.3 is 19.5 Å². The van der Waals surface area contributed by atoms with Crippen molar-refractivity contribution in [3.63, 3.8) is 0 Å². The van der Waals surface area contributed by atoms with Crippen LogP contribution in [0.4, 0.5) is 5.82 Å². The number of nitrogens with zero attached hydrogens (tertiary/aromatic N) is 3. The summed E-state index contributed by atoms with van der Waals surface area (Å²) in [4.78, 5) is 33.2. The molecule has 0 unspecified atom stereocenters. The predicted molar refractivity (Wildman–Crippen MR) is 142 cm³/mol. The maximum atomic E-state index is 13.4. The van der Waals surface area contributed by atoms with Crippen LogP contribution in [0, 0.1) is 0 Å². The molecule has 0 saturated carbocycles. The first-order chi connectivity index (χ1) is 17.5. The largest absolute Gasteiger partial charge is 0.454 e. The number of thioether (sulfide) groups is 1. The SMILES string of the molecule is CCOCCCNc1nc2ccccn2c(=O)c1C=C1SC(=S)N(Cc2ccc3c(c2)OCO3)C1=O. The zero-order valence-electron chi connectivity index (χ0n) is 19.6. The van der Waals surface area contributed by atoms with E-state index in [1.165, 1.54) is 21.1 Å². The molecule has 186 valence electrons. The van der Waals surface area contributed by atoms with Crippen LogP contribution in [0.5, 0.6) is 11.5 Å². The molecule has 0 spiro atoms. The van der Waals surface area contributed by atoms with Crippen molar-refractivity contribution in [3.05, 3.63) is 69.0 Å². The van der Waals surface area contributed by atoms with Crippen molar-refractivity contribution in [2.75, 3.05) is 31.9 Å². The monoisotopic (exact) mass is 524 g/mol. The third-order valence-electron chi connectivity index (χ3n) is 5.66. The minimum absolute atomic E-state index is 0.180. The summed E-state index contributed by atoms with van der Waals surface area (Å²) < 4.78 is 18.1. The highest BCUT2D eigenvalue weighted by Crippen LogP contribution is 2.36. The van der Waals surface area contributed by atoms with E-state index >= 15 is 0 Å². The summed E-state index contributed by atoms with van der Waals surface area (Å²) in [5, 5.41) is 3.24. The maximum Gasteiger partial charge on any atom is 0.267 e. The van der Waals surface area contributed by atoms with Crippen LogP contribution in [-0.2, 0) is 16.1 Å². The average Bonchev–Trinajstić information content (AvgIpc) is 3.45. The standard InChI is InChI=1S/C25H24N4O5S2/c1-2-32-11-5-9-26-22-17(23(30)28-10-4-3-6-21(28)27-22)13-20-24(31)29(25(35)36-20)14-16-7-8-18-19(12-16)34-15-33-18/h3-4,6-8,10,12-13,26H,2,5,9,11,14-15H2,1H3. The number of thiocarbonyl (C=S) groups is 1. The molecule has 4 heterocycles. The number of hydrogen-bond donors (Lipinski definition) is 1. The molecule has 0 aliphatic carbocycles. The molecule has 2 aromatic heterocycles. The van der Waals surface area contributed by atoms with Crippen LogP contribution < -0.4 is 20.3 Å². The molecular weight excluding hydrogens is 500 g/mol. The smallest absolute Gasteiger partial charge is 0.267 e. The van der Waals surface area contributed by atoms with E-state index in [2.05, 4.69) is 10.3 Å². The van der Waals surface area contributed by atoms with Crippen molar-refractivity contribution >= 4 is 51.7 Å². The minimum atomic E-state index is -0.269. The fourth-order valence-electron chi connectivity index (χ4n) is 3.88. The van der Waals surface area contributed by atoms with Crippen LogP contribution in [0.2, 0.25) is 0 Å². The molecule has 2 aliphatic heterocycles. The Kier molecular flexibility index (Phi) is 7.21. The summed E-state index contributed by atoms with van der Waals surface area (Å²) in [6.07, 6.45) is 3.99. The van der Waals surface area contributed by atoms with E-state index in [1.54, 1.807) is 24.4 Å². The number of carbonyl (C=O) groups is 1. The number of carbonyl (C=O) groups excluding carboxylic acids is 1. The van der Waals surface area contributed by atoms with Crippen LogP contribution >= 0.6 is 24.0 Å². The van der Waals surface area contributed by atoms with Gasteiger partial charge in [-0.25, -0.2) is 4.98 Å². The van der Waals surface area contributed by atoms with Gasteiger partial charge in [0, 0.05) is 26.0 Å². The molecule has 11 heteroatoms. The van der Waals surface area contributed by atoms with Gasteiger partial charge in [-0.2, -0.15) is 0 Å². The Labute approximate surface area is 217 Å². The molecule has 0 radical (unpaired) electrons. The Morgan fingerprint density at radius 1 is 1.22 bits per heavy atom. The number of hydrogen-bond acceptors (Lipinski definition) is 9. The summed E-state index contributed by atoms with van der Waals surface area (Å²) in [5.74, 6) is 1.48. The number of nitrogens with one attached hydrogen (secondary N) is 1. The molecule has 2 aliphatic rings. The Hall–Kier alpha value is -3.41. The lowest BCUT2D eigenvalue weighted by Crippen LogP contribution is -2.27. The van der Waals surface area contributed by atoms with Crippen molar-refractivity contribution in [2.24, 2.45) is 0 Å². The lowest BCUT2D eigenvalue weighted by Gasteiger charge is -2.15. The normalized spacial score (nSPS) is 15.9. The van der Waals surface area contributed by atoms with Gasteiger partial charge in [0.25, 0.3) is 11.5 Å².